The molecule has 0 aliphatic rings. The average Bonchev–Trinajstić information content (AvgIpc) is 2.90. The van der Waals surface area contributed by atoms with E-state index in [1.54, 1.807) is 6.26 Å². The summed E-state index contributed by atoms with van der Waals surface area (Å²) in [5.41, 5.74) is 0.997. The molecule has 0 atom stereocenters. The van der Waals surface area contributed by atoms with Crippen LogP contribution in [-0.4, -0.2) is 11.7 Å². The van der Waals surface area contributed by atoms with Gasteiger partial charge in [-0.3, -0.25) is 4.79 Å². The first kappa shape index (κ1) is 14.0. The van der Waals surface area contributed by atoms with Crippen LogP contribution in [0.1, 0.15) is 11.3 Å². The maximum Gasteiger partial charge on any atom is 0.230 e. The monoisotopic (exact) mass is 295 g/mol. The molecule has 0 fully saturated rings. The molecule has 0 saturated heterocycles. The van der Waals surface area contributed by atoms with E-state index in [4.69, 9.17) is 16.0 Å². The van der Waals surface area contributed by atoms with E-state index in [9.17, 15) is 4.79 Å². The molecular formula is C14H14ClNO2S. The zero-order chi connectivity index (χ0) is 13.5. The van der Waals surface area contributed by atoms with Crippen molar-refractivity contribution in [2.45, 2.75) is 12.3 Å². The van der Waals surface area contributed by atoms with Crippen LogP contribution in [0.15, 0.2) is 47.1 Å². The quantitative estimate of drug-likeness (QED) is 0.887. The third kappa shape index (κ3) is 5.01. The van der Waals surface area contributed by atoms with Gasteiger partial charge in [-0.2, -0.15) is 0 Å². The summed E-state index contributed by atoms with van der Waals surface area (Å²) in [6.45, 7) is 0.501. The molecule has 19 heavy (non-hydrogen) atoms. The van der Waals surface area contributed by atoms with Gasteiger partial charge in [0.15, 0.2) is 0 Å². The summed E-state index contributed by atoms with van der Waals surface area (Å²) in [7, 11) is 0. The van der Waals surface area contributed by atoms with Gasteiger partial charge in [0, 0.05) is 11.6 Å². The number of furan rings is 1. The third-order valence-corrected chi connectivity index (χ3v) is 3.63. The van der Waals surface area contributed by atoms with Gasteiger partial charge in [0.1, 0.15) is 5.76 Å². The molecule has 0 radical (unpaired) electrons. The zero-order valence-electron chi connectivity index (χ0n) is 10.3. The lowest BCUT2D eigenvalue weighted by molar-refractivity contribution is -0.118. The molecule has 1 heterocycles. The standard InChI is InChI=1S/C14H14ClNO2S/c15-12-4-1-3-11(7-12)8-16-14(17)10-19-9-13-5-2-6-18-13/h1-7H,8-10H2,(H,16,17). The Bertz CT molecular complexity index is 528. The van der Waals surface area contributed by atoms with Crippen molar-refractivity contribution in [3.8, 4) is 0 Å². The molecule has 1 aromatic carbocycles. The first-order valence-corrected chi connectivity index (χ1v) is 7.38. The van der Waals surface area contributed by atoms with Crippen LogP contribution in [0, 0.1) is 0 Å². The van der Waals surface area contributed by atoms with Crippen LogP contribution in [0.25, 0.3) is 0 Å². The van der Waals surface area contributed by atoms with Gasteiger partial charge < -0.3 is 9.73 Å². The van der Waals surface area contributed by atoms with Gasteiger partial charge >= 0.3 is 0 Å². The lowest BCUT2D eigenvalue weighted by Crippen LogP contribution is -2.24. The van der Waals surface area contributed by atoms with E-state index < -0.39 is 0 Å². The predicted octanol–water partition coefficient (Wildman–Crippen LogP) is 3.48. The van der Waals surface area contributed by atoms with E-state index in [-0.39, 0.29) is 5.91 Å². The SMILES string of the molecule is O=C(CSCc1ccco1)NCc1cccc(Cl)c1. The van der Waals surface area contributed by atoms with Crippen molar-refractivity contribution < 1.29 is 9.21 Å². The molecule has 2 rings (SSSR count). The second-order valence-electron chi connectivity index (χ2n) is 3.98. The molecule has 0 bridgehead atoms. The molecule has 0 unspecified atom stereocenters. The highest BCUT2D eigenvalue weighted by Gasteiger charge is 2.03. The van der Waals surface area contributed by atoms with Gasteiger partial charge in [0.2, 0.25) is 5.91 Å². The summed E-state index contributed by atoms with van der Waals surface area (Å²) >= 11 is 7.40. The minimum absolute atomic E-state index is 0.0107. The molecule has 0 spiro atoms. The van der Waals surface area contributed by atoms with E-state index in [1.165, 1.54) is 11.8 Å². The fourth-order valence-electron chi connectivity index (χ4n) is 1.54. The molecule has 100 valence electrons. The van der Waals surface area contributed by atoms with Crippen LogP contribution in [0.4, 0.5) is 0 Å². The number of benzene rings is 1. The lowest BCUT2D eigenvalue weighted by Gasteiger charge is -2.05. The molecule has 0 aliphatic carbocycles. The van der Waals surface area contributed by atoms with E-state index in [0.717, 1.165) is 11.3 Å². The number of rotatable bonds is 6. The summed E-state index contributed by atoms with van der Waals surface area (Å²) < 4.78 is 5.19. The number of nitrogens with one attached hydrogen (secondary N) is 1. The Hall–Kier alpha value is -1.39. The van der Waals surface area contributed by atoms with Crippen molar-refractivity contribution in [1.82, 2.24) is 5.32 Å². The molecule has 0 saturated carbocycles. The van der Waals surface area contributed by atoms with E-state index >= 15 is 0 Å². The summed E-state index contributed by atoms with van der Waals surface area (Å²) in [5, 5.41) is 3.54. The number of hydrogen-bond acceptors (Lipinski definition) is 3. The van der Waals surface area contributed by atoms with E-state index in [0.29, 0.717) is 23.1 Å². The molecular weight excluding hydrogens is 282 g/mol. The van der Waals surface area contributed by atoms with Gasteiger partial charge in [-0.25, -0.2) is 0 Å². The van der Waals surface area contributed by atoms with E-state index in [2.05, 4.69) is 5.32 Å². The summed E-state index contributed by atoms with van der Waals surface area (Å²) in [4.78, 5) is 11.6. The van der Waals surface area contributed by atoms with Gasteiger partial charge in [0.05, 0.1) is 17.8 Å². The largest absolute Gasteiger partial charge is 0.468 e. The molecule has 5 heteroatoms. The Morgan fingerprint density at radius 1 is 1.32 bits per heavy atom. The molecule has 3 nitrogen and oxygen atoms in total. The van der Waals surface area contributed by atoms with Crippen LogP contribution < -0.4 is 5.32 Å². The number of halogens is 1. The second kappa shape index (κ2) is 7.26. The second-order valence-corrected chi connectivity index (χ2v) is 5.40. The topological polar surface area (TPSA) is 42.2 Å². The molecule has 2 aromatic rings. The number of hydrogen-bond donors (Lipinski definition) is 1. The van der Waals surface area contributed by atoms with Crippen molar-refractivity contribution in [3.05, 3.63) is 59.0 Å². The van der Waals surface area contributed by atoms with Crippen LogP contribution in [0.2, 0.25) is 5.02 Å². The smallest absolute Gasteiger partial charge is 0.230 e. The normalized spacial score (nSPS) is 10.4. The maximum absolute atomic E-state index is 11.6. The van der Waals surface area contributed by atoms with Crippen LogP contribution >= 0.6 is 23.4 Å². The number of carbonyl (C=O) groups excluding carboxylic acids is 1. The average molecular weight is 296 g/mol. The highest BCUT2D eigenvalue weighted by molar-refractivity contribution is 7.99. The Morgan fingerprint density at radius 2 is 2.21 bits per heavy atom. The molecule has 0 aliphatic heterocycles. The summed E-state index contributed by atoms with van der Waals surface area (Å²) in [6.07, 6.45) is 1.63. The Kier molecular flexibility index (Phi) is 5.36. The highest BCUT2D eigenvalue weighted by atomic mass is 35.5. The molecule has 1 N–H and O–H groups in total. The van der Waals surface area contributed by atoms with Gasteiger partial charge in [-0.1, -0.05) is 23.7 Å². The molecule has 1 aromatic heterocycles. The van der Waals surface area contributed by atoms with Crippen LogP contribution in [0.3, 0.4) is 0 Å². The Balaban J connectivity index is 1.67. The fraction of sp³-hybridized carbons (Fsp3) is 0.214. The summed E-state index contributed by atoms with van der Waals surface area (Å²) in [5.74, 6) is 2.02. The van der Waals surface area contributed by atoms with Crippen molar-refractivity contribution in [2.24, 2.45) is 0 Å². The summed E-state index contributed by atoms with van der Waals surface area (Å²) in [6, 6.07) is 11.2. The molecule has 1 amide bonds. The number of amides is 1. The fourth-order valence-corrected chi connectivity index (χ4v) is 2.51. The minimum Gasteiger partial charge on any atom is -0.468 e. The predicted molar refractivity (Wildman–Crippen MR) is 78.2 cm³/mol. The van der Waals surface area contributed by atoms with E-state index in [1.807, 2.05) is 36.4 Å². The third-order valence-electron chi connectivity index (χ3n) is 2.44. The van der Waals surface area contributed by atoms with Gasteiger partial charge in [-0.15, -0.1) is 11.8 Å². The lowest BCUT2D eigenvalue weighted by atomic mass is 10.2. The van der Waals surface area contributed by atoms with Gasteiger partial charge in [0.25, 0.3) is 0 Å². The number of thioether (sulfide) groups is 1. The number of carbonyl (C=O) groups is 1. The first-order valence-electron chi connectivity index (χ1n) is 5.85. The Labute approximate surface area is 121 Å². The van der Waals surface area contributed by atoms with Crippen molar-refractivity contribution >= 4 is 29.3 Å². The zero-order valence-corrected chi connectivity index (χ0v) is 11.8. The highest BCUT2D eigenvalue weighted by Crippen LogP contribution is 2.12. The van der Waals surface area contributed by atoms with Crippen LogP contribution in [0.5, 0.6) is 0 Å². The Morgan fingerprint density at radius 3 is 2.95 bits per heavy atom. The van der Waals surface area contributed by atoms with Crippen molar-refractivity contribution in [2.75, 3.05) is 5.75 Å². The van der Waals surface area contributed by atoms with Crippen molar-refractivity contribution in [1.29, 1.82) is 0 Å². The van der Waals surface area contributed by atoms with Crippen LogP contribution in [-0.2, 0) is 17.1 Å². The van der Waals surface area contributed by atoms with Gasteiger partial charge in [-0.05, 0) is 29.8 Å². The van der Waals surface area contributed by atoms with Crippen molar-refractivity contribution in [3.63, 3.8) is 0 Å². The minimum atomic E-state index is 0.0107. The first-order chi connectivity index (χ1) is 9.24. The maximum atomic E-state index is 11.6.